The fourth-order valence-electron chi connectivity index (χ4n) is 1.37. The Morgan fingerprint density at radius 2 is 2.00 bits per heavy atom. The molecule has 0 radical (unpaired) electrons. The number of likely N-dealkylation sites (N-methyl/N-ethyl adjacent to an activating group) is 1. The van der Waals surface area contributed by atoms with Crippen LogP contribution in [0.3, 0.4) is 0 Å². The Kier molecular flexibility index (Phi) is 5.37. The maximum absolute atomic E-state index is 13.3. The van der Waals surface area contributed by atoms with Crippen molar-refractivity contribution in [2.45, 2.75) is 0 Å². The van der Waals surface area contributed by atoms with Crippen molar-refractivity contribution in [1.29, 1.82) is 0 Å². The average molecular weight is 272 g/mol. The largest absolute Gasteiger partial charge is 0.468 e. The van der Waals surface area contributed by atoms with Crippen LogP contribution in [0, 0.1) is 11.6 Å². The molecular weight excluding hydrogens is 258 g/mol. The second kappa shape index (κ2) is 6.79. The highest BCUT2D eigenvalue weighted by Crippen LogP contribution is 2.14. The van der Waals surface area contributed by atoms with Crippen molar-refractivity contribution >= 4 is 17.6 Å². The summed E-state index contributed by atoms with van der Waals surface area (Å²) in [6.07, 6.45) is 0. The average Bonchev–Trinajstić information content (AvgIpc) is 2.32. The Morgan fingerprint density at radius 1 is 1.32 bits per heavy atom. The number of carbonyl (C=O) groups is 2. The molecule has 0 spiro atoms. The molecule has 7 heteroatoms. The molecular formula is C12H14F2N2O3. The van der Waals surface area contributed by atoms with E-state index in [0.717, 1.165) is 12.1 Å². The third-order valence-electron chi connectivity index (χ3n) is 2.25. The highest BCUT2D eigenvalue weighted by atomic mass is 19.1. The summed E-state index contributed by atoms with van der Waals surface area (Å²) in [4.78, 5) is 23.9. The fourth-order valence-corrected chi connectivity index (χ4v) is 1.37. The van der Waals surface area contributed by atoms with Gasteiger partial charge in [0.05, 0.1) is 25.9 Å². The van der Waals surface area contributed by atoms with Gasteiger partial charge in [0.1, 0.15) is 11.6 Å². The molecule has 0 unspecified atom stereocenters. The standard InChI is InChI=1S/C12H14F2N2O3/c1-16(7-12(18)19-2)6-11(17)15-10-4-3-8(13)5-9(10)14/h3-5H,6-7H2,1-2H3,(H,15,17). The summed E-state index contributed by atoms with van der Waals surface area (Å²) in [5.74, 6) is -2.58. The van der Waals surface area contributed by atoms with Gasteiger partial charge < -0.3 is 10.1 Å². The zero-order valence-corrected chi connectivity index (χ0v) is 10.6. The monoisotopic (exact) mass is 272 g/mol. The van der Waals surface area contributed by atoms with Crippen LogP contribution in [0.15, 0.2) is 18.2 Å². The lowest BCUT2D eigenvalue weighted by Gasteiger charge is -2.14. The van der Waals surface area contributed by atoms with Gasteiger partial charge in [0, 0.05) is 6.07 Å². The second-order valence-corrected chi connectivity index (χ2v) is 3.92. The lowest BCUT2D eigenvalue weighted by Crippen LogP contribution is -2.34. The Balaban J connectivity index is 2.53. The topological polar surface area (TPSA) is 58.6 Å². The van der Waals surface area contributed by atoms with Crippen molar-refractivity contribution < 1.29 is 23.1 Å². The number of halogens is 2. The van der Waals surface area contributed by atoms with Crippen LogP contribution in [0.4, 0.5) is 14.5 Å². The number of benzene rings is 1. The van der Waals surface area contributed by atoms with Gasteiger partial charge in [0.15, 0.2) is 0 Å². The van der Waals surface area contributed by atoms with Gasteiger partial charge in [-0.2, -0.15) is 0 Å². The quantitative estimate of drug-likeness (QED) is 0.813. The van der Waals surface area contributed by atoms with Gasteiger partial charge in [-0.25, -0.2) is 8.78 Å². The SMILES string of the molecule is COC(=O)CN(C)CC(=O)Nc1ccc(F)cc1F. The van der Waals surface area contributed by atoms with Gasteiger partial charge in [0.25, 0.3) is 0 Å². The number of hydrogen-bond donors (Lipinski definition) is 1. The number of ether oxygens (including phenoxy) is 1. The first kappa shape index (κ1) is 15.0. The van der Waals surface area contributed by atoms with Crippen molar-refractivity contribution in [3.05, 3.63) is 29.8 Å². The number of methoxy groups -OCH3 is 1. The fraction of sp³-hybridized carbons (Fsp3) is 0.333. The minimum Gasteiger partial charge on any atom is -0.468 e. The summed E-state index contributed by atoms with van der Waals surface area (Å²) in [7, 11) is 2.78. The van der Waals surface area contributed by atoms with E-state index in [1.165, 1.54) is 19.1 Å². The zero-order valence-electron chi connectivity index (χ0n) is 10.6. The molecule has 1 aromatic rings. The number of carbonyl (C=O) groups excluding carboxylic acids is 2. The molecule has 0 bridgehead atoms. The summed E-state index contributed by atoms with van der Waals surface area (Å²) in [6.45, 7) is -0.179. The highest BCUT2D eigenvalue weighted by molar-refractivity contribution is 5.92. The first-order valence-electron chi connectivity index (χ1n) is 5.42. The predicted octanol–water partition coefficient (Wildman–Crippen LogP) is 1.01. The third kappa shape index (κ3) is 5.01. The molecule has 5 nitrogen and oxygen atoms in total. The predicted molar refractivity (Wildman–Crippen MR) is 64.5 cm³/mol. The molecule has 19 heavy (non-hydrogen) atoms. The van der Waals surface area contributed by atoms with Crippen LogP contribution in [-0.4, -0.2) is 44.0 Å². The van der Waals surface area contributed by atoms with Crippen molar-refractivity contribution in [2.24, 2.45) is 0 Å². The molecule has 0 aliphatic carbocycles. The number of rotatable bonds is 5. The maximum atomic E-state index is 13.3. The Bertz CT molecular complexity index is 480. The van der Waals surface area contributed by atoms with Crippen LogP contribution in [0.2, 0.25) is 0 Å². The number of hydrogen-bond acceptors (Lipinski definition) is 4. The molecule has 0 aliphatic rings. The second-order valence-electron chi connectivity index (χ2n) is 3.92. The summed E-state index contributed by atoms with van der Waals surface area (Å²) in [6, 6.07) is 2.84. The molecule has 1 N–H and O–H groups in total. The van der Waals surface area contributed by atoms with E-state index >= 15 is 0 Å². The van der Waals surface area contributed by atoms with Crippen molar-refractivity contribution in [2.75, 3.05) is 32.6 Å². The van der Waals surface area contributed by atoms with Gasteiger partial charge in [-0.05, 0) is 19.2 Å². The van der Waals surface area contributed by atoms with E-state index in [1.54, 1.807) is 0 Å². The van der Waals surface area contributed by atoms with Crippen LogP contribution in [0.5, 0.6) is 0 Å². The first-order chi connectivity index (χ1) is 8.92. The number of anilines is 1. The van der Waals surface area contributed by atoms with E-state index in [0.29, 0.717) is 6.07 Å². The Labute approximate surface area is 109 Å². The number of esters is 1. The summed E-state index contributed by atoms with van der Waals surface area (Å²) < 4.78 is 30.4. The van der Waals surface area contributed by atoms with Crippen LogP contribution in [0.1, 0.15) is 0 Å². The zero-order chi connectivity index (χ0) is 14.4. The van der Waals surface area contributed by atoms with Crippen molar-refractivity contribution in [3.63, 3.8) is 0 Å². The molecule has 0 saturated carbocycles. The van der Waals surface area contributed by atoms with Crippen molar-refractivity contribution in [3.8, 4) is 0 Å². The number of nitrogens with zero attached hydrogens (tertiary/aromatic N) is 1. The van der Waals surface area contributed by atoms with E-state index in [1.807, 2.05) is 0 Å². The molecule has 0 heterocycles. The number of amides is 1. The van der Waals surface area contributed by atoms with E-state index in [4.69, 9.17) is 0 Å². The molecule has 0 aromatic heterocycles. The molecule has 0 fully saturated rings. The Hall–Kier alpha value is -2.02. The highest BCUT2D eigenvalue weighted by Gasteiger charge is 2.12. The molecule has 104 valence electrons. The van der Waals surface area contributed by atoms with E-state index in [2.05, 4.69) is 10.1 Å². The van der Waals surface area contributed by atoms with Crippen LogP contribution in [-0.2, 0) is 14.3 Å². The van der Waals surface area contributed by atoms with Gasteiger partial charge in [-0.1, -0.05) is 0 Å². The van der Waals surface area contributed by atoms with Crippen LogP contribution in [0.25, 0.3) is 0 Å². The minimum absolute atomic E-state index is 0.0597. The van der Waals surface area contributed by atoms with Crippen molar-refractivity contribution in [1.82, 2.24) is 4.90 Å². The molecule has 0 aliphatic heterocycles. The number of nitrogens with one attached hydrogen (secondary N) is 1. The smallest absolute Gasteiger partial charge is 0.319 e. The van der Waals surface area contributed by atoms with Gasteiger partial charge in [-0.3, -0.25) is 14.5 Å². The van der Waals surface area contributed by atoms with Gasteiger partial charge in [0.2, 0.25) is 5.91 Å². The van der Waals surface area contributed by atoms with Crippen LogP contribution < -0.4 is 5.32 Å². The first-order valence-corrected chi connectivity index (χ1v) is 5.42. The molecule has 1 rings (SSSR count). The lowest BCUT2D eigenvalue weighted by molar-refractivity contribution is -0.141. The normalized spacial score (nSPS) is 10.4. The summed E-state index contributed by atoms with van der Waals surface area (Å²) >= 11 is 0. The summed E-state index contributed by atoms with van der Waals surface area (Å²) in [5.41, 5.74) is -0.113. The molecule has 1 amide bonds. The van der Waals surface area contributed by atoms with E-state index < -0.39 is 23.5 Å². The van der Waals surface area contributed by atoms with Gasteiger partial charge in [-0.15, -0.1) is 0 Å². The Morgan fingerprint density at radius 3 is 2.58 bits per heavy atom. The molecule has 1 aromatic carbocycles. The lowest BCUT2D eigenvalue weighted by atomic mass is 10.3. The third-order valence-corrected chi connectivity index (χ3v) is 2.25. The van der Waals surface area contributed by atoms with Gasteiger partial charge >= 0.3 is 5.97 Å². The minimum atomic E-state index is -0.857. The van der Waals surface area contributed by atoms with E-state index in [9.17, 15) is 18.4 Å². The maximum Gasteiger partial charge on any atom is 0.319 e. The van der Waals surface area contributed by atoms with Crippen LogP contribution >= 0.6 is 0 Å². The van der Waals surface area contributed by atoms with E-state index in [-0.39, 0.29) is 18.8 Å². The summed E-state index contributed by atoms with van der Waals surface area (Å²) in [5, 5.41) is 2.29. The molecule has 0 atom stereocenters. The molecule has 0 saturated heterocycles.